The molecule has 1 atom stereocenters. The molecule has 0 aromatic heterocycles. The van der Waals surface area contributed by atoms with Gasteiger partial charge in [0.2, 0.25) is 0 Å². The van der Waals surface area contributed by atoms with Crippen molar-refractivity contribution < 1.29 is 18.7 Å². The fourth-order valence-electron chi connectivity index (χ4n) is 1.75. The van der Waals surface area contributed by atoms with Crippen LogP contribution in [0.5, 0.6) is 0 Å². The Morgan fingerprint density at radius 3 is 2.60 bits per heavy atom. The fraction of sp³-hybridized carbons (Fsp3) is 0.133. The van der Waals surface area contributed by atoms with Gasteiger partial charge in [-0.15, -0.1) is 0 Å². The number of halogens is 2. The van der Waals surface area contributed by atoms with Crippen molar-refractivity contribution in [1.29, 1.82) is 0 Å². The lowest BCUT2D eigenvalue weighted by Gasteiger charge is -2.09. The summed E-state index contributed by atoms with van der Waals surface area (Å²) in [6, 6.07) is 9.93. The Kier molecular flexibility index (Phi) is 4.10. The third-order valence-electron chi connectivity index (χ3n) is 2.82. The molecule has 0 fully saturated rings. The summed E-state index contributed by atoms with van der Waals surface area (Å²) >= 11 is 0. The molecule has 20 heavy (non-hydrogen) atoms. The number of carbonyl (C=O) groups excluding carboxylic acids is 1. The number of aliphatic hydroxyl groups excluding tert-OH is 1. The second-order valence-electron chi connectivity index (χ2n) is 4.36. The highest BCUT2D eigenvalue weighted by Crippen LogP contribution is 2.19. The van der Waals surface area contributed by atoms with Crippen molar-refractivity contribution in [3.63, 3.8) is 0 Å². The van der Waals surface area contributed by atoms with E-state index in [-0.39, 0.29) is 5.56 Å². The topological polar surface area (TPSA) is 49.3 Å². The molecule has 0 aliphatic carbocycles. The van der Waals surface area contributed by atoms with E-state index >= 15 is 0 Å². The first-order valence-corrected chi connectivity index (χ1v) is 6.02. The smallest absolute Gasteiger partial charge is 0.258 e. The van der Waals surface area contributed by atoms with Crippen molar-refractivity contribution in [3.8, 4) is 0 Å². The van der Waals surface area contributed by atoms with Gasteiger partial charge in [-0.3, -0.25) is 4.79 Å². The first-order chi connectivity index (χ1) is 9.49. The summed E-state index contributed by atoms with van der Waals surface area (Å²) in [4.78, 5) is 11.9. The lowest BCUT2D eigenvalue weighted by Crippen LogP contribution is -2.14. The van der Waals surface area contributed by atoms with Crippen LogP contribution in [0.25, 0.3) is 0 Å². The van der Waals surface area contributed by atoms with E-state index in [9.17, 15) is 18.7 Å². The Bertz CT molecular complexity index is 642. The van der Waals surface area contributed by atoms with Gasteiger partial charge in [-0.05, 0) is 36.8 Å². The Labute approximate surface area is 114 Å². The Balaban J connectivity index is 2.24. The summed E-state index contributed by atoms with van der Waals surface area (Å²) < 4.78 is 26.5. The van der Waals surface area contributed by atoms with Gasteiger partial charge in [-0.2, -0.15) is 0 Å². The molecule has 0 radical (unpaired) electrons. The van der Waals surface area contributed by atoms with Crippen molar-refractivity contribution in [1.82, 2.24) is 0 Å². The lowest BCUT2D eigenvalue weighted by atomic mass is 10.1. The molecule has 3 nitrogen and oxygen atoms in total. The molecule has 2 rings (SSSR count). The zero-order valence-electron chi connectivity index (χ0n) is 10.7. The zero-order valence-corrected chi connectivity index (χ0v) is 10.7. The van der Waals surface area contributed by atoms with E-state index in [1.54, 1.807) is 31.2 Å². The number of anilines is 1. The van der Waals surface area contributed by atoms with Gasteiger partial charge in [-0.1, -0.05) is 18.2 Å². The van der Waals surface area contributed by atoms with Crippen LogP contribution in [0.1, 0.15) is 28.9 Å². The molecular weight excluding hydrogens is 264 g/mol. The van der Waals surface area contributed by atoms with E-state index in [4.69, 9.17) is 0 Å². The number of rotatable bonds is 3. The van der Waals surface area contributed by atoms with Crippen molar-refractivity contribution in [3.05, 3.63) is 65.2 Å². The highest BCUT2D eigenvalue weighted by molar-refractivity contribution is 6.04. The highest BCUT2D eigenvalue weighted by Gasteiger charge is 2.15. The lowest BCUT2D eigenvalue weighted by molar-refractivity contribution is 0.102. The molecule has 0 saturated heterocycles. The second-order valence-corrected chi connectivity index (χ2v) is 4.36. The van der Waals surface area contributed by atoms with Crippen molar-refractivity contribution >= 4 is 11.6 Å². The van der Waals surface area contributed by atoms with Crippen LogP contribution in [-0.4, -0.2) is 11.0 Å². The van der Waals surface area contributed by atoms with Gasteiger partial charge in [-0.25, -0.2) is 8.78 Å². The predicted molar refractivity (Wildman–Crippen MR) is 71.4 cm³/mol. The molecule has 2 N–H and O–H groups in total. The van der Waals surface area contributed by atoms with Gasteiger partial charge >= 0.3 is 0 Å². The third-order valence-corrected chi connectivity index (χ3v) is 2.82. The first-order valence-electron chi connectivity index (χ1n) is 6.02. The molecule has 2 aromatic carbocycles. The maximum atomic E-state index is 13.5. The molecule has 104 valence electrons. The Hall–Kier alpha value is -2.27. The second kappa shape index (κ2) is 5.79. The van der Waals surface area contributed by atoms with Crippen molar-refractivity contribution in [2.45, 2.75) is 13.0 Å². The van der Waals surface area contributed by atoms with Gasteiger partial charge in [0, 0.05) is 5.69 Å². The van der Waals surface area contributed by atoms with E-state index in [1.165, 1.54) is 12.1 Å². The number of amides is 1. The van der Waals surface area contributed by atoms with Crippen LogP contribution in [0.4, 0.5) is 14.5 Å². The van der Waals surface area contributed by atoms with Crippen LogP contribution in [0.15, 0.2) is 42.5 Å². The average Bonchev–Trinajstić information content (AvgIpc) is 2.42. The van der Waals surface area contributed by atoms with Gasteiger partial charge in [0.25, 0.3) is 5.91 Å². The fourth-order valence-corrected chi connectivity index (χ4v) is 1.75. The van der Waals surface area contributed by atoms with E-state index < -0.39 is 23.6 Å². The molecule has 0 aliphatic rings. The maximum Gasteiger partial charge on any atom is 0.258 e. The van der Waals surface area contributed by atoms with Crippen LogP contribution in [-0.2, 0) is 0 Å². The Morgan fingerprint density at radius 1 is 1.20 bits per heavy atom. The molecular formula is C15H13F2NO2. The minimum Gasteiger partial charge on any atom is -0.389 e. The van der Waals surface area contributed by atoms with E-state index in [1.807, 2.05) is 0 Å². The molecule has 0 spiro atoms. The highest BCUT2D eigenvalue weighted by atomic mass is 19.2. The number of nitrogens with one attached hydrogen (secondary N) is 1. The minimum absolute atomic E-state index is 0.368. The maximum absolute atomic E-state index is 13.5. The van der Waals surface area contributed by atoms with Crippen LogP contribution in [0.3, 0.4) is 0 Å². The largest absolute Gasteiger partial charge is 0.389 e. The summed E-state index contributed by atoms with van der Waals surface area (Å²) in [7, 11) is 0. The third kappa shape index (κ3) is 3.00. The molecule has 0 heterocycles. The SMILES string of the molecule is CC(O)c1cccc(NC(=O)c2cccc(F)c2F)c1. The number of carbonyl (C=O) groups is 1. The van der Waals surface area contributed by atoms with Gasteiger partial charge in [0.15, 0.2) is 11.6 Å². The monoisotopic (exact) mass is 277 g/mol. The van der Waals surface area contributed by atoms with Gasteiger partial charge in [0.1, 0.15) is 0 Å². The van der Waals surface area contributed by atoms with Crippen LogP contribution in [0.2, 0.25) is 0 Å². The van der Waals surface area contributed by atoms with Gasteiger partial charge < -0.3 is 10.4 Å². The van der Waals surface area contributed by atoms with Crippen molar-refractivity contribution in [2.24, 2.45) is 0 Å². The quantitative estimate of drug-likeness (QED) is 0.904. The normalized spacial score (nSPS) is 12.0. The van der Waals surface area contributed by atoms with E-state index in [0.717, 1.165) is 6.07 Å². The molecule has 1 amide bonds. The Morgan fingerprint density at radius 2 is 1.90 bits per heavy atom. The minimum atomic E-state index is -1.18. The summed E-state index contributed by atoms with van der Waals surface area (Å²) in [5.41, 5.74) is 0.645. The summed E-state index contributed by atoms with van der Waals surface area (Å²) in [6.45, 7) is 1.59. The standard InChI is InChI=1S/C15H13F2NO2/c1-9(19)10-4-2-5-11(8-10)18-15(20)12-6-3-7-13(16)14(12)17/h2-9,19H,1H3,(H,18,20). The average molecular weight is 277 g/mol. The van der Waals surface area contributed by atoms with Crippen LogP contribution in [0, 0.1) is 11.6 Å². The molecule has 0 bridgehead atoms. The number of aliphatic hydroxyl groups is 1. The molecule has 1 unspecified atom stereocenters. The van der Waals surface area contributed by atoms with Gasteiger partial charge in [0.05, 0.1) is 11.7 Å². The molecule has 2 aromatic rings. The van der Waals surface area contributed by atoms with Crippen LogP contribution < -0.4 is 5.32 Å². The predicted octanol–water partition coefficient (Wildman–Crippen LogP) is 3.27. The van der Waals surface area contributed by atoms with E-state index in [0.29, 0.717) is 11.3 Å². The first kappa shape index (κ1) is 14.1. The summed E-state index contributed by atoms with van der Waals surface area (Å²) in [5, 5.41) is 11.9. The molecule has 0 aliphatic heterocycles. The molecule has 0 saturated carbocycles. The summed E-state index contributed by atoms with van der Waals surface area (Å²) in [6.07, 6.45) is -0.683. The van der Waals surface area contributed by atoms with E-state index in [2.05, 4.69) is 5.32 Å². The number of hydrogen-bond donors (Lipinski definition) is 2. The zero-order chi connectivity index (χ0) is 14.7. The number of benzene rings is 2. The van der Waals surface area contributed by atoms with Crippen molar-refractivity contribution in [2.75, 3.05) is 5.32 Å². The van der Waals surface area contributed by atoms with Crippen LogP contribution >= 0.6 is 0 Å². The summed E-state index contributed by atoms with van der Waals surface area (Å²) in [5.74, 6) is -3.00. The molecule has 5 heteroatoms. The number of hydrogen-bond acceptors (Lipinski definition) is 2.